The topological polar surface area (TPSA) is 18.5 Å². The third kappa shape index (κ3) is 4.10. The van der Waals surface area contributed by atoms with Crippen LogP contribution in [0.3, 0.4) is 0 Å². The van der Waals surface area contributed by atoms with Crippen LogP contribution >= 0.6 is 0 Å². The van der Waals surface area contributed by atoms with Gasteiger partial charge in [0.25, 0.3) is 0 Å². The molecule has 0 unspecified atom stereocenters. The second-order valence-electron chi connectivity index (χ2n) is 3.35. The van der Waals surface area contributed by atoms with Crippen LogP contribution in [0.2, 0.25) is 0 Å². The molecule has 2 heteroatoms. The number of rotatable bonds is 2. The normalized spacial score (nSPS) is 11.8. The van der Waals surface area contributed by atoms with Crippen LogP contribution < -0.4 is 4.74 Å². The minimum atomic E-state index is 0.878. The molecule has 18 heavy (non-hydrogen) atoms. The van der Waals surface area contributed by atoms with E-state index >= 15 is 0 Å². The Kier molecular flexibility index (Phi) is 8.81. The number of fused-ring (bicyclic) bond motifs is 1. The van der Waals surface area contributed by atoms with Crippen LogP contribution in [0, 0.1) is 0 Å². The summed E-state index contributed by atoms with van der Waals surface area (Å²) in [5.74, 6) is 2.03. The fourth-order valence-corrected chi connectivity index (χ4v) is 1.83. The van der Waals surface area contributed by atoms with Gasteiger partial charge in [-0.1, -0.05) is 39.8 Å². The summed E-state index contributed by atoms with van der Waals surface area (Å²) in [5, 5.41) is 0. The molecular weight excluding hydrogens is 224 g/mol. The first-order valence-electron chi connectivity index (χ1n) is 6.73. The van der Waals surface area contributed by atoms with E-state index in [-0.39, 0.29) is 0 Å². The van der Waals surface area contributed by atoms with Crippen molar-refractivity contribution in [2.45, 2.75) is 40.5 Å². The zero-order valence-electron chi connectivity index (χ0n) is 12.5. The smallest absolute Gasteiger partial charge is 0.122 e. The predicted molar refractivity (Wildman–Crippen MR) is 78.2 cm³/mol. The second-order valence-corrected chi connectivity index (χ2v) is 3.35. The Labute approximate surface area is 112 Å². The second kappa shape index (κ2) is 9.58. The zero-order valence-corrected chi connectivity index (χ0v) is 12.5. The van der Waals surface area contributed by atoms with Gasteiger partial charge in [-0.3, -0.25) is 0 Å². The molecule has 0 saturated heterocycles. The maximum atomic E-state index is 5.31. The number of hydrogen-bond donors (Lipinski definition) is 0. The van der Waals surface area contributed by atoms with Crippen LogP contribution in [0.15, 0.2) is 30.0 Å². The van der Waals surface area contributed by atoms with E-state index in [0.29, 0.717) is 0 Å². The quantitative estimate of drug-likeness (QED) is 0.775. The van der Waals surface area contributed by atoms with E-state index in [2.05, 4.69) is 12.1 Å². The Morgan fingerprint density at radius 3 is 2.17 bits per heavy atom. The van der Waals surface area contributed by atoms with E-state index in [1.54, 1.807) is 14.2 Å². The van der Waals surface area contributed by atoms with E-state index in [0.717, 1.165) is 24.4 Å². The third-order valence-corrected chi connectivity index (χ3v) is 2.61. The van der Waals surface area contributed by atoms with Crippen molar-refractivity contribution in [3.8, 4) is 5.75 Å². The van der Waals surface area contributed by atoms with Gasteiger partial charge in [-0.05, 0) is 24.1 Å². The summed E-state index contributed by atoms with van der Waals surface area (Å²) < 4.78 is 10.6. The van der Waals surface area contributed by atoms with Crippen molar-refractivity contribution in [2.75, 3.05) is 14.2 Å². The first-order chi connectivity index (χ1) is 8.85. The fraction of sp³-hybridized carbons (Fsp3) is 0.500. The summed E-state index contributed by atoms with van der Waals surface area (Å²) in [5.41, 5.74) is 2.60. The van der Waals surface area contributed by atoms with Crippen molar-refractivity contribution in [2.24, 2.45) is 0 Å². The molecular formula is C16H26O2. The maximum Gasteiger partial charge on any atom is 0.122 e. The van der Waals surface area contributed by atoms with Gasteiger partial charge >= 0.3 is 0 Å². The Balaban J connectivity index is 0.000000659. The fourth-order valence-electron chi connectivity index (χ4n) is 1.83. The molecule has 102 valence electrons. The van der Waals surface area contributed by atoms with Gasteiger partial charge in [0.1, 0.15) is 5.75 Å². The van der Waals surface area contributed by atoms with Gasteiger partial charge in [0.15, 0.2) is 0 Å². The molecule has 1 aromatic rings. The SMILES string of the molecule is CC.CC.COC1=CCc2c(cccc2OC)C1. The summed E-state index contributed by atoms with van der Waals surface area (Å²) in [4.78, 5) is 0. The van der Waals surface area contributed by atoms with Crippen LogP contribution in [0.1, 0.15) is 38.8 Å². The average Bonchev–Trinajstić information content (AvgIpc) is 2.50. The van der Waals surface area contributed by atoms with Gasteiger partial charge in [-0.15, -0.1) is 0 Å². The number of benzene rings is 1. The average molecular weight is 250 g/mol. The Bertz CT molecular complexity index is 367. The van der Waals surface area contributed by atoms with Crippen molar-refractivity contribution >= 4 is 0 Å². The van der Waals surface area contributed by atoms with Gasteiger partial charge in [-0.25, -0.2) is 0 Å². The molecule has 0 N–H and O–H groups in total. The van der Waals surface area contributed by atoms with E-state index in [1.807, 2.05) is 39.8 Å². The number of methoxy groups -OCH3 is 2. The van der Waals surface area contributed by atoms with Gasteiger partial charge in [-0.2, -0.15) is 0 Å². The maximum absolute atomic E-state index is 5.31. The van der Waals surface area contributed by atoms with Crippen molar-refractivity contribution in [1.82, 2.24) is 0 Å². The van der Waals surface area contributed by atoms with Crippen molar-refractivity contribution in [3.63, 3.8) is 0 Å². The molecule has 0 fully saturated rings. The van der Waals surface area contributed by atoms with Gasteiger partial charge in [0, 0.05) is 12.0 Å². The van der Waals surface area contributed by atoms with Gasteiger partial charge in [0.2, 0.25) is 0 Å². The van der Waals surface area contributed by atoms with E-state index in [1.165, 1.54) is 11.1 Å². The third-order valence-electron chi connectivity index (χ3n) is 2.61. The highest BCUT2D eigenvalue weighted by Gasteiger charge is 2.14. The molecule has 0 spiro atoms. The van der Waals surface area contributed by atoms with Crippen LogP contribution in [-0.2, 0) is 17.6 Å². The van der Waals surface area contributed by atoms with Crippen LogP contribution in [-0.4, -0.2) is 14.2 Å². The Morgan fingerprint density at radius 2 is 1.61 bits per heavy atom. The lowest BCUT2D eigenvalue weighted by molar-refractivity contribution is 0.279. The Hall–Kier alpha value is -1.44. The van der Waals surface area contributed by atoms with Crippen LogP contribution in [0.25, 0.3) is 0 Å². The number of allylic oxidation sites excluding steroid dienone is 2. The minimum absolute atomic E-state index is 0.878. The molecule has 0 amide bonds. The lowest BCUT2D eigenvalue weighted by Crippen LogP contribution is -2.06. The molecule has 0 heterocycles. The predicted octanol–water partition coefficient (Wildman–Crippen LogP) is 4.38. The lowest BCUT2D eigenvalue weighted by Gasteiger charge is -2.18. The molecule has 2 nitrogen and oxygen atoms in total. The molecule has 2 rings (SSSR count). The monoisotopic (exact) mass is 250 g/mol. The van der Waals surface area contributed by atoms with Crippen molar-refractivity contribution < 1.29 is 9.47 Å². The standard InChI is InChI=1S/C12H14O2.2C2H6/c1-13-10-6-7-11-9(8-10)4-3-5-12(11)14-2;2*1-2/h3-6H,7-8H2,1-2H3;2*1-2H3. The van der Waals surface area contributed by atoms with Crippen molar-refractivity contribution in [1.29, 1.82) is 0 Å². The molecule has 1 aliphatic rings. The molecule has 0 saturated carbocycles. The Morgan fingerprint density at radius 1 is 0.944 bits per heavy atom. The molecule has 0 radical (unpaired) electrons. The molecule has 1 aromatic carbocycles. The lowest BCUT2D eigenvalue weighted by atomic mass is 9.95. The minimum Gasteiger partial charge on any atom is -0.501 e. The summed E-state index contributed by atoms with van der Waals surface area (Å²) in [6.45, 7) is 8.00. The van der Waals surface area contributed by atoms with E-state index < -0.39 is 0 Å². The number of ether oxygens (including phenoxy) is 2. The summed E-state index contributed by atoms with van der Waals surface area (Å²) in [7, 11) is 3.43. The van der Waals surface area contributed by atoms with E-state index in [4.69, 9.17) is 9.47 Å². The van der Waals surface area contributed by atoms with Gasteiger partial charge in [0.05, 0.1) is 20.0 Å². The first-order valence-corrected chi connectivity index (χ1v) is 6.73. The highest BCUT2D eigenvalue weighted by atomic mass is 16.5. The van der Waals surface area contributed by atoms with E-state index in [9.17, 15) is 0 Å². The van der Waals surface area contributed by atoms with Crippen LogP contribution in [0.4, 0.5) is 0 Å². The molecule has 0 bridgehead atoms. The molecule has 0 aromatic heterocycles. The molecule has 1 aliphatic carbocycles. The van der Waals surface area contributed by atoms with Gasteiger partial charge < -0.3 is 9.47 Å². The summed E-state index contributed by atoms with van der Waals surface area (Å²) in [6, 6.07) is 6.16. The van der Waals surface area contributed by atoms with Crippen molar-refractivity contribution in [3.05, 3.63) is 41.2 Å². The molecule has 0 aliphatic heterocycles. The highest BCUT2D eigenvalue weighted by Crippen LogP contribution is 2.28. The van der Waals surface area contributed by atoms with Crippen LogP contribution in [0.5, 0.6) is 5.75 Å². The first kappa shape index (κ1) is 16.6. The summed E-state index contributed by atoms with van der Waals surface area (Å²) in [6.07, 6.45) is 3.90. The highest BCUT2D eigenvalue weighted by molar-refractivity contribution is 5.45. The molecule has 0 atom stereocenters. The number of hydrogen-bond acceptors (Lipinski definition) is 2. The zero-order chi connectivity index (χ0) is 14.0. The summed E-state index contributed by atoms with van der Waals surface area (Å²) >= 11 is 0. The largest absolute Gasteiger partial charge is 0.501 e.